The van der Waals surface area contributed by atoms with Crippen LogP contribution in [0.15, 0.2) is 59.0 Å². The van der Waals surface area contributed by atoms with E-state index in [2.05, 4.69) is 4.74 Å². The minimum absolute atomic E-state index is 0.0248. The first kappa shape index (κ1) is 23.6. The lowest BCUT2D eigenvalue weighted by molar-refractivity contribution is -0.132. The number of ether oxygens (including phenoxy) is 3. The summed E-state index contributed by atoms with van der Waals surface area (Å²) in [4.78, 5) is 14.9. The number of benzene rings is 2. The van der Waals surface area contributed by atoms with Gasteiger partial charge in [0.25, 0.3) is 0 Å². The second-order valence-corrected chi connectivity index (χ2v) is 8.11. The summed E-state index contributed by atoms with van der Waals surface area (Å²) in [6, 6.07) is 16.3. The predicted molar refractivity (Wildman–Crippen MR) is 122 cm³/mol. The summed E-state index contributed by atoms with van der Waals surface area (Å²) in [6.07, 6.45) is 2.72. The lowest BCUT2D eigenvalue weighted by Gasteiger charge is -2.23. The molecule has 2 aromatic carbocycles. The van der Waals surface area contributed by atoms with Crippen molar-refractivity contribution in [3.63, 3.8) is 0 Å². The summed E-state index contributed by atoms with van der Waals surface area (Å²) >= 11 is 0. The third-order valence-corrected chi connectivity index (χ3v) is 5.73. The molecule has 6 nitrogen and oxygen atoms in total. The first-order chi connectivity index (χ1) is 16.5. The fraction of sp³-hybridized carbons (Fsp3) is 0.346. The molecule has 4 rings (SSSR count). The van der Waals surface area contributed by atoms with Crippen molar-refractivity contribution in [3.05, 3.63) is 65.9 Å². The number of carbonyl (C=O) groups excluding carboxylic acids is 1. The molecule has 0 radical (unpaired) electrons. The van der Waals surface area contributed by atoms with Crippen molar-refractivity contribution < 1.29 is 32.2 Å². The van der Waals surface area contributed by atoms with Gasteiger partial charge in [-0.15, -0.1) is 0 Å². The fourth-order valence-corrected chi connectivity index (χ4v) is 3.80. The lowest BCUT2D eigenvalue weighted by atomic mass is 10.1. The molecule has 1 aromatic heterocycles. The molecular formula is C26H27F2NO5. The van der Waals surface area contributed by atoms with Gasteiger partial charge in [-0.3, -0.25) is 4.79 Å². The molecule has 1 aliphatic rings. The van der Waals surface area contributed by atoms with Gasteiger partial charge in [-0.05, 0) is 66.9 Å². The molecule has 0 saturated heterocycles. The van der Waals surface area contributed by atoms with Gasteiger partial charge in [0.05, 0.1) is 14.2 Å². The lowest BCUT2D eigenvalue weighted by Crippen LogP contribution is -2.32. The van der Waals surface area contributed by atoms with Crippen LogP contribution in [0.1, 0.15) is 30.6 Å². The molecule has 0 spiro atoms. The van der Waals surface area contributed by atoms with Crippen LogP contribution in [0.2, 0.25) is 0 Å². The maximum atomic E-state index is 13.0. The van der Waals surface area contributed by atoms with Gasteiger partial charge < -0.3 is 23.5 Å². The molecule has 0 aliphatic heterocycles. The van der Waals surface area contributed by atoms with Crippen LogP contribution in [0.5, 0.6) is 17.2 Å². The van der Waals surface area contributed by atoms with Crippen molar-refractivity contribution in [2.45, 2.75) is 44.9 Å². The molecule has 8 heteroatoms. The van der Waals surface area contributed by atoms with Crippen LogP contribution < -0.4 is 14.2 Å². The highest BCUT2D eigenvalue weighted by Gasteiger charge is 2.32. The second kappa shape index (κ2) is 10.6. The monoisotopic (exact) mass is 471 g/mol. The molecule has 0 N–H and O–H groups in total. The summed E-state index contributed by atoms with van der Waals surface area (Å²) in [6.45, 7) is -2.56. The van der Waals surface area contributed by atoms with E-state index in [-0.39, 0.29) is 23.4 Å². The van der Waals surface area contributed by atoms with E-state index in [1.165, 1.54) is 13.2 Å². The van der Waals surface area contributed by atoms with Crippen LogP contribution in [0.25, 0.3) is 11.3 Å². The molecule has 1 aliphatic carbocycles. The molecular weight excluding hydrogens is 444 g/mol. The van der Waals surface area contributed by atoms with Crippen LogP contribution in [-0.2, 0) is 17.8 Å². The fourth-order valence-electron chi connectivity index (χ4n) is 3.80. The van der Waals surface area contributed by atoms with Crippen LogP contribution in [0.4, 0.5) is 8.78 Å². The SMILES string of the molecule is COc1ccc(-c2ccc(CCC(=O)N(Cc3ccc(OC(F)F)c(OC)c3)C3CC3)o2)cc1. The number of halogens is 2. The Morgan fingerprint density at radius 1 is 1.03 bits per heavy atom. The average Bonchev–Trinajstić information content (AvgIpc) is 3.58. The van der Waals surface area contributed by atoms with Crippen molar-refractivity contribution in [2.75, 3.05) is 14.2 Å². The third kappa shape index (κ3) is 5.87. The van der Waals surface area contributed by atoms with E-state index in [1.54, 1.807) is 19.2 Å². The first-order valence-electron chi connectivity index (χ1n) is 11.1. The van der Waals surface area contributed by atoms with Crippen LogP contribution in [0.3, 0.4) is 0 Å². The molecule has 3 aromatic rings. The minimum Gasteiger partial charge on any atom is -0.497 e. The Balaban J connectivity index is 1.38. The molecule has 1 fully saturated rings. The van der Waals surface area contributed by atoms with E-state index in [9.17, 15) is 13.6 Å². The van der Waals surface area contributed by atoms with Crippen molar-refractivity contribution in [1.82, 2.24) is 4.90 Å². The third-order valence-electron chi connectivity index (χ3n) is 5.73. The van der Waals surface area contributed by atoms with Gasteiger partial charge in [0.15, 0.2) is 11.5 Å². The van der Waals surface area contributed by atoms with Crippen molar-refractivity contribution in [1.29, 1.82) is 0 Å². The van der Waals surface area contributed by atoms with E-state index in [1.807, 2.05) is 41.3 Å². The van der Waals surface area contributed by atoms with Gasteiger partial charge in [0.2, 0.25) is 5.91 Å². The zero-order valence-electron chi connectivity index (χ0n) is 19.1. The second-order valence-electron chi connectivity index (χ2n) is 8.11. The number of furan rings is 1. The van der Waals surface area contributed by atoms with E-state index >= 15 is 0 Å². The zero-order valence-corrected chi connectivity index (χ0v) is 19.1. The van der Waals surface area contributed by atoms with Crippen LogP contribution >= 0.6 is 0 Å². The summed E-state index contributed by atoms with van der Waals surface area (Å²) in [5.41, 5.74) is 1.73. The van der Waals surface area contributed by atoms with E-state index < -0.39 is 6.61 Å². The van der Waals surface area contributed by atoms with Crippen molar-refractivity contribution in [3.8, 4) is 28.6 Å². The number of carbonyl (C=O) groups is 1. The maximum Gasteiger partial charge on any atom is 0.387 e. The Morgan fingerprint density at radius 3 is 2.44 bits per heavy atom. The standard InChI is InChI=1S/C26H27F2NO5/c1-31-20-8-4-18(5-9-20)22-13-10-21(33-22)11-14-25(30)29(19-6-7-19)16-17-3-12-23(34-26(27)28)24(15-17)32-2/h3-5,8-10,12-13,15,19,26H,6-7,11,14,16H2,1-2H3. The molecule has 0 bridgehead atoms. The number of rotatable bonds is 11. The molecule has 0 atom stereocenters. The zero-order chi connectivity index (χ0) is 24.1. The molecule has 180 valence electrons. The molecule has 1 heterocycles. The summed E-state index contributed by atoms with van der Waals surface area (Å²) in [5.74, 6) is 2.46. The summed E-state index contributed by atoms with van der Waals surface area (Å²) in [5, 5.41) is 0. The number of nitrogens with zero attached hydrogens (tertiary/aromatic N) is 1. The summed E-state index contributed by atoms with van der Waals surface area (Å²) < 4.78 is 45.9. The predicted octanol–water partition coefficient (Wildman–Crippen LogP) is 5.69. The highest BCUT2D eigenvalue weighted by atomic mass is 19.3. The van der Waals surface area contributed by atoms with Crippen LogP contribution in [-0.4, -0.2) is 37.7 Å². The molecule has 1 amide bonds. The van der Waals surface area contributed by atoms with Gasteiger partial charge in [-0.1, -0.05) is 6.07 Å². The number of hydrogen-bond donors (Lipinski definition) is 0. The maximum absolute atomic E-state index is 13.0. The van der Waals surface area contributed by atoms with Gasteiger partial charge >= 0.3 is 6.61 Å². The van der Waals surface area contributed by atoms with Gasteiger partial charge in [-0.25, -0.2) is 0 Å². The quantitative estimate of drug-likeness (QED) is 0.360. The number of amides is 1. The van der Waals surface area contributed by atoms with E-state index in [0.717, 1.165) is 41.2 Å². The Bertz CT molecular complexity index is 1110. The van der Waals surface area contributed by atoms with Gasteiger partial charge in [0.1, 0.15) is 17.3 Å². The van der Waals surface area contributed by atoms with Gasteiger partial charge in [-0.2, -0.15) is 8.78 Å². The topological polar surface area (TPSA) is 61.1 Å². The minimum atomic E-state index is -2.93. The number of methoxy groups -OCH3 is 2. The summed E-state index contributed by atoms with van der Waals surface area (Å²) in [7, 11) is 3.01. The van der Waals surface area contributed by atoms with Crippen molar-refractivity contribution in [2.24, 2.45) is 0 Å². The van der Waals surface area contributed by atoms with Gasteiger partial charge in [0, 0.05) is 31.0 Å². The molecule has 0 unspecified atom stereocenters. The van der Waals surface area contributed by atoms with Crippen LogP contribution in [0, 0.1) is 0 Å². The Hall–Kier alpha value is -3.55. The molecule has 34 heavy (non-hydrogen) atoms. The normalized spacial score (nSPS) is 13.1. The smallest absolute Gasteiger partial charge is 0.387 e. The number of hydrogen-bond acceptors (Lipinski definition) is 5. The van der Waals surface area contributed by atoms with Crippen molar-refractivity contribution >= 4 is 5.91 Å². The van der Waals surface area contributed by atoms with E-state index in [4.69, 9.17) is 13.9 Å². The number of alkyl halides is 2. The first-order valence-corrected chi connectivity index (χ1v) is 11.1. The Kier molecular flexibility index (Phi) is 7.35. The number of aryl methyl sites for hydroxylation is 1. The average molecular weight is 472 g/mol. The Labute approximate surface area is 197 Å². The highest BCUT2D eigenvalue weighted by molar-refractivity contribution is 5.77. The Morgan fingerprint density at radius 2 is 1.79 bits per heavy atom. The highest BCUT2D eigenvalue weighted by Crippen LogP contribution is 2.33. The van der Waals surface area contributed by atoms with E-state index in [0.29, 0.717) is 19.4 Å². The largest absolute Gasteiger partial charge is 0.497 e. The molecule has 1 saturated carbocycles.